The molecule has 2 amide bonds. The molecule has 0 aromatic heterocycles. The van der Waals surface area contributed by atoms with Crippen LogP contribution in [-0.4, -0.2) is 43.0 Å². The fourth-order valence-electron chi connectivity index (χ4n) is 3.91. The molecule has 1 fully saturated rings. The molecular weight excluding hydrogens is 408 g/mol. The van der Waals surface area contributed by atoms with Crippen LogP contribution in [0.25, 0.3) is 0 Å². The van der Waals surface area contributed by atoms with Crippen LogP contribution in [-0.2, 0) is 14.3 Å². The van der Waals surface area contributed by atoms with Gasteiger partial charge in [-0.3, -0.25) is 9.59 Å². The standard InChI is InChI=1S/C24H38N4O4/c1-16(2)32-24(31)19-10-12-20(13-11-19)27-23(30)21(5-3-4-14-25)28-22(29)18-8-6-17(15-26)7-9-18/h10-13,16-18,21H,3-9,14-15,25-26H2,1-2H3,(H,27,30)(H,28,29)/t17?,18?,21-/m0/s1. The van der Waals surface area contributed by atoms with Gasteiger partial charge in [-0.1, -0.05) is 0 Å². The molecule has 1 aromatic rings. The van der Waals surface area contributed by atoms with Crippen molar-refractivity contribution in [1.29, 1.82) is 0 Å². The van der Waals surface area contributed by atoms with Gasteiger partial charge in [0.15, 0.2) is 0 Å². The first-order valence-electron chi connectivity index (χ1n) is 11.7. The van der Waals surface area contributed by atoms with Gasteiger partial charge in [-0.2, -0.15) is 0 Å². The zero-order valence-electron chi connectivity index (χ0n) is 19.3. The van der Waals surface area contributed by atoms with Crippen molar-refractivity contribution in [3.63, 3.8) is 0 Å². The Hall–Kier alpha value is -2.45. The number of rotatable bonds is 11. The molecule has 1 saturated carbocycles. The zero-order chi connectivity index (χ0) is 23.5. The Balaban J connectivity index is 1.97. The highest BCUT2D eigenvalue weighted by Gasteiger charge is 2.29. The van der Waals surface area contributed by atoms with E-state index in [0.29, 0.717) is 36.7 Å². The van der Waals surface area contributed by atoms with Crippen LogP contribution < -0.4 is 22.1 Å². The number of carbonyl (C=O) groups is 3. The molecule has 0 unspecified atom stereocenters. The summed E-state index contributed by atoms with van der Waals surface area (Å²) in [4.78, 5) is 37.7. The van der Waals surface area contributed by atoms with Gasteiger partial charge >= 0.3 is 5.97 Å². The minimum Gasteiger partial charge on any atom is -0.459 e. The van der Waals surface area contributed by atoms with Gasteiger partial charge in [0.2, 0.25) is 11.8 Å². The number of nitrogens with one attached hydrogen (secondary N) is 2. The molecule has 178 valence electrons. The highest BCUT2D eigenvalue weighted by Crippen LogP contribution is 2.28. The Kier molecular flexibility index (Phi) is 10.6. The van der Waals surface area contributed by atoms with Crippen molar-refractivity contribution in [3.05, 3.63) is 29.8 Å². The van der Waals surface area contributed by atoms with Crippen LogP contribution in [0.1, 0.15) is 69.2 Å². The minimum absolute atomic E-state index is 0.0693. The molecule has 0 heterocycles. The third kappa shape index (κ3) is 8.24. The SMILES string of the molecule is CC(C)OC(=O)c1ccc(NC(=O)[C@H](CCCCN)NC(=O)C2CCC(CN)CC2)cc1. The molecule has 1 aliphatic rings. The molecule has 1 atom stereocenters. The van der Waals surface area contributed by atoms with Crippen LogP contribution in [0.2, 0.25) is 0 Å². The summed E-state index contributed by atoms with van der Waals surface area (Å²) in [6.07, 6.45) is 5.35. The summed E-state index contributed by atoms with van der Waals surface area (Å²) in [5, 5.41) is 5.80. The predicted molar refractivity (Wildman–Crippen MR) is 125 cm³/mol. The molecular formula is C24H38N4O4. The van der Waals surface area contributed by atoms with Crippen LogP contribution in [0.4, 0.5) is 5.69 Å². The van der Waals surface area contributed by atoms with Crippen molar-refractivity contribution in [3.8, 4) is 0 Å². The van der Waals surface area contributed by atoms with E-state index in [0.717, 1.165) is 38.5 Å². The number of esters is 1. The van der Waals surface area contributed by atoms with E-state index in [-0.39, 0.29) is 23.8 Å². The Bertz CT molecular complexity index is 743. The number of carbonyl (C=O) groups excluding carboxylic acids is 3. The Labute approximate surface area is 190 Å². The molecule has 8 heteroatoms. The Morgan fingerprint density at radius 1 is 1.03 bits per heavy atom. The number of benzene rings is 1. The van der Waals surface area contributed by atoms with Crippen LogP contribution >= 0.6 is 0 Å². The molecule has 0 bridgehead atoms. The Morgan fingerprint density at radius 2 is 1.69 bits per heavy atom. The average molecular weight is 447 g/mol. The zero-order valence-corrected chi connectivity index (χ0v) is 19.3. The first kappa shape index (κ1) is 25.8. The van der Waals surface area contributed by atoms with Gasteiger partial charge in [0.05, 0.1) is 11.7 Å². The molecule has 0 aliphatic heterocycles. The molecule has 0 spiro atoms. The van der Waals surface area contributed by atoms with Gasteiger partial charge in [0, 0.05) is 11.6 Å². The number of hydrogen-bond donors (Lipinski definition) is 4. The van der Waals surface area contributed by atoms with Gasteiger partial charge in [-0.15, -0.1) is 0 Å². The topological polar surface area (TPSA) is 137 Å². The fraction of sp³-hybridized carbons (Fsp3) is 0.625. The lowest BCUT2D eigenvalue weighted by Gasteiger charge is -2.28. The summed E-state index contributed by atoms with van der Waals surface area (Å²) < 4.78 is 5.17. The number of hydrogen-bond acceptors (Lipinski definition) is 6. The monoisotopic (exact) mass is 446 g/mol. The number of nitrogens with two attached hydrogens (primary N) is 2. The number of unbranched alkanes of at least 4 members (excludes halogenated alkanes) is 1. The van der Waals surface area contributed by atoms with Crippen LogP contribution in [0.15, 0.2) is 24.3 Å². The van der Waals surface area contributed by atoms with E-state index >= 15 is 0 Å². The molecule has 6 N–H and O–H groups in total. The summed E-state index contributed by atoms with van der Waals surface area (Å²) in [5.41, 5.74) is 12.3. The van der Waals surface area contributed by atoms with Crippen molar-refractivity contribution in [2.45, 2.75) is 70.9 Å². The maximum Gasteiger partial charge on any atom is 0.338 e. The van der Waals surface area contributed by atoms with Crippen molar-refractivity contribution < 1.29 is 19.1 Å². The van der Waals surface area contributed by atoms with E-state index in [1.54, 1.807) is 38.1 Å². The highest BCUT2D eigenvalue weighted by molar-refractivity contribution is 5.98. The highest BCUT2D eigenvalue weighted by atomic mass is 16.5. The first-order valence-corrected chi connectivity index (χ1v) is 11.7. The molecule has 8 nitrogen and oxygen atoms in total. The van der Waals surface area contributed by atoms with Gasteiger partial charge in [-0.25, -0.2) is 4.79 Å². The molecule has 1 aliphatic carbocycles. The molecule has 0 radical (unpaired) electrons. The van der Waals surface area contributed by atoms with Crippen molar-refractivity contribution >= 4 is 23.5 Å². The third-order valence-electron chi connectivity index (χ3n) is 5.86. The summed E-state index contributed by atoms with van der Waals surface area (Å²) in [6, 6.07) is 5.90. The largest absolute Gasteiger partial charge is 0.459 e. The smallest absolute Gasteiger partial charge is 0.338 e. The summed E-state index contributed by atoms with van der Waals surface area (Å²) in [6.45, 7) is 4.77. The second-order valence-electron chi connectivity index (χ2n) is 8.82. The Morgan fingerprint density at radius 3 is 2.25 bits per heavy atom. The second kappa shape index (κ2) is 13.2. The summed E-state index contributed by atoms with van der Waals surface area (Å²) in [5.74, 6) is -0.338. The van der Waals surface area contributed by atoms with E-state index in [1.165, 1.54) is 0 Å². The molecule has 1 aromatic carbocycles. The van der Waals surface area contributed by atoms with E-state index < -0.39 is 12.0 Å². The maximum atomic E-state index is 12.9. The summed E-state index contributed by atoms with van der Waals surface area (Å²) in [7, 11) is 0. The lowest BCUT2D eigenvalue weighted by Crippen LogP contribution is -2.46. The van der Waals surface area contributed by atoms with Crippen LogP contribution in [0, 0.1) is 11.8 Å². The van der Waals surface area contributed by atoms with Crippen molar-refractivity contribution in [2.24, 2.45) is 23.3 Å². The maximum absolute atomic E-state index is 12.9. The van der Waals surface area contributed by atoms with Gasteiger partial charge in [-0.05, 0) is 102 Å². The normalized spacial score (nSPS) is 19.3. The number of anilines is 1. The van der Waals surface area contributed by atoms with E-state index in [2.05, 4.69) is 10.6 Å². The van der Waals surface area contributed by atoms with Crippen molar-refractivity contribution in [2.75, 3.05) is 18.4 Å². The average Bonchev–Trinajstić information content (AvgIpc) is 2.78. The molecule has 2 rings (SSSR count). The lowest BCUT2D eigenvalue weighted by molar-refractivity contribution is -0.130. The van der Waals surface area contributed by atoms with E-state index in [1.807, 2.05) is 0 Å². The lowest BCUT2D eigenvalue weighted by atomic mass is 9.81. The summed E-state index contributed by atoms with van der Waals surface area (Å²) >= 11 is 0. The second-order valence-corrected chi connectivity index (χ2v) is 8.82. The predicted octanol–water partition coefficient (Wildman–Crippen LogP) is 2.57. The third-order valence-corrected chi connectivity index (χ3v) is 5.86. The quantitative estimate of drug-likeness (QED) is 0.305. The van der Waals surface area contributed by atoms with Crippen molar-refractivity contribution in [1.82, 2.24) is 5.32 Å². The van der Waals surface area contributed by atoms with Gasteiger partial charge < -0.3 is 26.8 Å². The van der Waals surface area contributed by atoms with Gasteiger partial charge in [0.25, 0.3) is 0 Å². The molecule has 32 heavy (non-hydrogen) atoms. The number of amides is 2. The minimum atomic E-state index is -0.633. The van der Waals surface area contributed by atoms with Crippen LogP contribution in [0.3, 0.4) is 0 Å². The fourth-order valence-corrected chi connectivity index (χ4v) is 3.91. The number of ether oxygens (including phenoxy) is 1. The van der Waals surface area contributed by atoms with E-state index in [9.17, 15) is 14.4 Å². The van der Waals surface area contributed by atoms with E-state index in [4.69, 9.17) is 16.2 Å². The first-order chi connectivity index (χ1) is 15.3. The van der Waals surface area contributed by atoms with Crippen LogP contribution in [0.5, 0.6) is 0 Å². The van der Waals surface area contributed by atoms with Gasteiger partial charge in [0.1, 0.15) is 6.04 Å². The molecule has 0 saturated heterocycles.